The van der Waals surface area contributed by atoms with E-state index < -0.39 is 23.8 Å². The molecule has 1 N–H and O–H groups in total. The Kier molecular flexibility index (Phi) is 6.74. The summed E-state index contributed by atoms with van der Waals surface area (Å²) < 4.78 is 51.0. The fraction of sp³-hybridized carbons (Fsp3) is 0.526. The topological polar surface area (TPSA) is 39.1 Å². The lowest BCUT2D eigenvalue weighted by Crippen LogP contribution is -2.16. The average molecular weight is 388 g/mol. The van der Waals surface area contributed by atoms with Gasteiger partial charge in [0, 0.05) is 24.7 Å². The lowest BCUT2D eigenvalue weighted by atomic mass is 9.89. The molecular formula is C19H26ClF2N3O. The van der Waals surface area contributed by atoms with Crippen molar-refractivity contribution in [3.8, 4) is 5.88 Å². The highest BCUT2D eigenvalue weighted by Crippen LogP contribution is 2.27. The van der Waals surface area contributed by atoms with Gasteiger partial charge in [0.25, 0.3) is 0 Å². The fourth-order valence-electron chi connectivity index (χ4n) is 3.23. The van der Waals surface area contributed by atoms with E-state index in [0.717, 1.165) is 31.0 Å². The van der Waals surface area contributed by atoms with Gasteiger partial charge < -0.3 is 10.1 Å². The van der Waals surface area contributed by atoms with Gasteiger partial charge >= 0.3 is 0 Å². The summed E-state index contributed by atoms with van der Waals surface area (Å²) in [6, 6.07) is 4.32. The summed E-state index contributed by atoms with van der Waals surface area (Å²) in [4.78, 5) is 0. The van der Waals surface area contributed by atoms with Crippen LogP contribution in [0, 0.1) is 17.6 Å². The van der Waals surface area contributed by atoms with Crippen LogP contribution in [0.4, 0.5) is 8.78 Å². The summed E-state index contributed by atoms with van der Waals surface area (Å²) in [5.74, 6) is -0.889. The standard InChI is InChI=1S/C19H25F2N3O.ClH/c1-22-11-17-10-19(24(23-17)12-14-5-3-2-4-6-14)25-13-15-9-16(20)7-8-18(15)21;/h7-10,14,22H,2-6,11-13H2,1H3;1H/i13D2;. The highest BCUT2D eigenvalue weighted by Gasteiger charge is 2.18. The predicted molar refractivity (Wildman–Crippen MR) is 99.5 cm³/mol. The van der Waals surface area contributed by atoms with Crippen LogP contribution in [0.2, 0.25) is 0 Å². The van der Waals surface area contributed by atoms with Gasteiger partial charge in [-0.05, 0) is 44.0 Å². The number of aromatic nitrogens is 2. The van der Waals surface area contributed by atoms with Crippen molar-refractivity contribution in [3.63, 3.8) is 0 Å². The van der Waals surface area contributed by atoms with Gasteiger partial charge in [-0.3, -0.25) is 0 Å². The third-order valence-electron chi connectivity index (χ3n) is 4.50. The molecule has 0 saturated heterocycles. The molecule has 0 atom stereocenters. The van der Waals surface area contributed by atoms with Gasteiger partial charge in [0.15, 0.2) is 0 Å². The van der Waals surface area contributed by atoms with E-state index in [4.69, 9.17) is 7.48 Å². The Hall–Kier alpha value is -1.66. The van der Waals surface area contributed by atoms with Crippen LogP contribution in [0.3, 0.4) is 0 Å². The minimum Gasteiger partial charge on any atom is -0.473 e. The number of halogens is 3. The number of ether oxygens (including phenoxy) is 1. The van der Waals surface area contributed by atoms with E-state index in [1.165, 1.54) is 19.3 Å². The number of hydrogen-bond acceptors (Lipinski definition) is 3. The zero-order chi connectivity index (χ0) is 19.4. The van der Waals surface area contributed by atoms with Crippen molar-refractivity contribution in [1.29, 1.82) is 0 Å². The van der Waals surface area contributed by atoms with Crippen molar-refractivity contribution >= 4 is 12.4 Å². The number of nitrogens with zero attached hydrogens (tertiary/aromatic N) is 2. The van der Waals surface area contributed by atoms with Crippen LogP contribution >= 0.6 is 12.4 Å². The molecule has 0 aliphatic heterocycles. The Labute approximate surface area is 162 Å². The Morgan fingerprint density at radius 1 is 1.27 bits per heavy atom. The van der Waals surface area contributed by atoms with Gasteiger partial charge in [0.05, 0.1) is 8.44 Å². The van der Waals surface area contributed by atoms with Crippen molar-refractivity contribution in [2.75, 3.05) is 7.05 Å². The highest BCUT2D eigenvalue weighted by atomic mass is 35.5. The number of nitrogens with one attached hydrogen (secondary N) is 1. The molecule has 1 aliphatic carbocycles. The zero-order valence-corrected chi connectivity index (χ0v) is 15.6. The summed E-state index contributed by atoms with van der Waals surface area (Å²) in [7, 11) is 1.79. The van der Waals surface area contributed by atoms with Gasteiger partial charge in [0.1, 0.15) is 18.2 Å². The number of benzene rings is 1. The normalized spacial score (nSPS) is 16.6. The molecule has 0 spiro atoms. The van der Waals surface area contributed by atoms with Crippen LogP contribution < -0.4 is 10.1 Å². The first-order chi connectivity index (χ1) is 12.9. The van der Waals surface area contributed by atoms with Gasteiger partial charge in [0.2, 0.25) is 5.88 Å². The third-order valence-corrected chi connectivity index (χ3v) is 4.50. The highest BCUT2D eigenvalue weighted by molar-refractivity contribution is 5.85. The molecule has 1 aromatic heterocycles. The molecule has 0 amide bonds. The first-order valence-corrected chi connectivity index (χ1v) is 8.75. The molecule has 1 saturated carbocycles. The van der Waals surface area contributed by atoms with Crippen molar-refractivity contribution in [3.05, 3.63) is 47.2 Å². The van der Waals surface area contributed by atoms with Crippen molar-refractivity contribution in [2.45, 2.75) is 51.8 Å². The monoisotopic (exact) mass is 387 g/mol. The maximum atomic E-state index is 14.0. The average Bonchev–Trinajstić information content (AvgIpc) is 2.98. The smallest absolute Gasteiger partial charge is 0.212 e. The summed E-state index contributed by atoms with van der Waals surface area (Å²) in [5, 5.41) is 7.51. The maximum Gasteiger partial charge on any atom is 0.212 e. The second-order valence-electron chi connectivity index (χ2n) is 6.52. The molecular weight excluding hydrogens is 360 g/mol. The predicted octanol–water partition coefficient (Wildman–Crippen LogP) is 4.46. The van der Waals surface area contributed by atoms with Crippen LogP contribution in [-0.4, -0.2) is 16.8 Å². The van der Waals surface area contributed by atoms with Gasteiger partial charge in [-0.15, -0.1) is 12.4 Å². The number of rotatable bonds is 7. The van der Waals surface area contributed by atoms with Crippen LogP contribution in [0.5, 0.6) is 5.88 Å². The summed E-state index contributed by atoms with van der Waals surface area (Å²) in [6.07, 6.45) is 5.81. The molecule has 2 aromatic rings. The molecule has 7 heteroatoms. The van der Waals surface area contributed by atoms with E-state index in [-0.39, 0.29) is 18.3 Å². The molecule has 1 fully saturated rings. The summed E-state index contributed by atoms with van der Waals surface area (Å²) >= 11 is 0. The van der Waals surface area contributed by atoms with Crippen LogP contribution in [0.25, 0.3) is 0 Å². The van der Waals surface area contributed by atoms with Crippen molar-refractivity contribution in [1.82, 2.24) is 15.1 Å². The molecule has 0 bridgehead atoms. The Morgan fingerprint density at radius 2 is 2.04 bits per heavy atom. The molecule has 26 heavy (non-hydrogen) atoms. The van der Waals surface area contributed by atoms with E-state index in [0.29, 0.717) is 24.7 Å². The van der Waals surface area contributed by atoms with Gasteiger partial charge in [-0.1, -0.05) is 19.3 Å². The second-order valence-corrected chi connectivity index (χ2v) is 6.52. The second kappa shape index (κ2) is 9.88. The Balaban J connectivity index is 0.00000280. The minimum absolute atomic E-state index is 0. The number of hydrogen-bond donors (Lipinski definition) is 1. The first kappa shape index (κ1) is 17.7. The Bertz CT molecular complexity index is 783. The summed E-state index contributed by atoms with van der Waals surface area (Å²) in [6.45, 7) is -1.39. The van der Waals surface area contributed by atoms with Crippen LogP contribution in [-0.2, 0) is 19.6 Å². The summed E-state index contributed by atoms with van der Waals surface area (Å²) in [5.41, 5.74) is 0.238. The maximum absolute atomic E-state index is 14.0. The molecule has 1 aromatic carbocycles. The quantitative estimate of drug-likeness (QED) is 0.762. The zero-order valence-electron chi connectivity index (χ0n) is 16.8. The third kappa shape index (κ3) is 5.42. The van der Waals surface area contributed by atoms with Crippen LogP contribution in [0.15, 0.2) is 24.3 Å². The van der Waals surface area contributed by atoms with E-state index in [9.17, 15) is 8.78 Å². The van der Waals surface area contributed by atoms with E-state index in [2.05, 4.69) is 10.4 Å². The molecule has 0 radical (unpaired) electrons. The lowest BCUT2D eigenvalue weighted by Gasteiger charge is -2.22. The molecule has 1 aliphatic rings. The van der Waals surface area contributed by atoms with Crippen LogP contribution in [0.1, 0.15) is 46.1 Å². The van der Waals surface area contributed by atoms with Gasteiger partial charge in [-0.2, -0.15) is 5.10 Å². The SMILES string of the molecule is Cl.[2H]C([2H])(Oc1cc(CNC)nn1CC1CCCCC1)c1cc(F)ccc1F. The minimum atomic E-state index is -2.52. The van der Waals surface area contributed by atoms with E-state index in [1.807, 2.05) is 0 Å². The van der Waals surface area contributed by atoms with E-state index >= 15 is 0 Å². The Morgan fingerprint density at radius 3 is 2.77 bits per heavy atom. The molecule has 0 unspecified atom stereocenters. The fourth-order valence-corrected chi connectivity index (χ4v) is 3.23. The lowest BCUT2D eigenvalue weighted by molar-refractivity contribution is 0.242. The molecule has 1 heterocycles. The van der Waals surface area contributed by atoms with Crippen molar-refractivity contribution in [2.24, 2.45) is 5.92 Å². The van der Waals surface area contributed by atoms with Gasteiger partial charge in [-0.25, -0.2) is 13.5 Å². The largest absolute Gasteiger partial charge is 0.473 e. The molecule has 144 valence electrons. The van der Waals surface area contributed by atoms with E-state index in [1.54, 1.807) is 17.8 Å². The van der Waals surface area contributed by atoms with Crippen molar-refractivity contribution < 1.29 is 16.3 Å². The molecule has 4 nitrogen and oxygen atoms in total. The molecule has 3 rings (SSSR count). The first-order valence-electron chi connectivity index (χ1n) is 9.75.